The molecule has 0 aliphatic carbocycles. The minimum atomic E-state index is -0.950. The van der Waals surface area contributed by atoms with E-state index in [1.807, 2.05) is 6.07 Å². The zero-order chi connectivity index (χ0) is 15.7. The van der Waals surface area contributed by atoms with E-state index >= 15 is 0 Å². The molecule has 7 heteroatoms. The highest BCUT2D eigenvalue weighted by Gasteiger charge is 2.12. The van der Waals surface area contributed by atoms with Gasteiger partial charge in [0.25, 0.3) is 0 Å². The summed E-state index contributed by atoms with van der Waals surface area (Å²) in [6.45, 7) is 0.813. The lowest BCUT2D eigenvalue weighted by molar-refractivity contribution is -0.105. The third-order valence-corrected chi connectivity index (χ3v) is 4.66. The van der Waals surface area contributed by atoms with Gasteiger partial charge in [0.1, 0.15) is 6.29 Å². The van der Waals surface area contributed by atoms with Gasteiger partial charge in [0.2, 0.25) is 0 Å². The van der Waals surface area contributed by atoms with Gasteiger partial charge in [-0.15, -0.1) is 0 Å². The quantitative estimate of drug-likeness (QED) is 0.543. The summed E-state index contributed by atoms with van der Waals surface area (Å²) in [5, 5.41) is 10.1. The van der Waals surface area contributed by atoms with Crippen LogP contribution in [0, 0.1) is 0 Å². The highest BCUT2D eigenvalue weighted by molar-refractivity contribution is 7.99. The molecule has 0 aliphatic heterocycles. The number of hydrogen-bond acceptors (Lipinski definition) is 3. The lowest BCUT2D eigenvalue weighted by atomic mass is 10.1. The van der Waals surface area contributed by atoms with Crippen LogP contribution in [-0.2, 0) is 11.2 Å². The number of thioether (sulfide) groups is 1. The molecule has 0 heterocycles. The highest BCUT2D eigenvalue weighted by Crippen LogP contribution is 2.25. The highest BCUT2D eigenvalue weighted by atomic mass is 35.5. The lowest BCUT2D eigenvalue weighted by Gasteiger charge is -2.19. The van der Waals surface area contributed by atoms with Crippen LogP contribution in [0.15, 0.2) is 18.2 Å². The lowest BCUT2D eigenvalue weighted by Crippen LogP contribution is -2.32. The Balaban J connectivity index is 2.45. The fourth-order valence-electron chi connectivity index (χ4n) is 1.79. The zero-order valence-corrected chi connectivity index (χ0v) is 13.8. The number of nitrogens with zero attached hydrogens (tertiary/aromatic N) is 1. The molecule has 0 aromatic heterocycles. The van der Waals surface area contributed by atoms with Crippen molar-refractivity contribution < 1.29 is 14.7 Å². The molecule has 1 amide bonds. The van der Waals surface area contributed by atoms with Gasteiger partial charge in [0, 0.05) is 18.8 Å². The van der Waals surface area contributed by atoms with E-state index in [2.05, 4.69) is 0 Å². The first-order valence-corrected chi connectivity index (χ1v) is 8.39. The Kier molecular flexibility index (Phi) is 8.57. The second kappa shape index (κ2) is 9.92. The normalized spacial score (nSPS) is 10.4. The van der Waals surface area contributed by atoms with Crippen LogP contribution in [0.3, 0.4) is 0 Å². The Hall–Kier alpha value is -0.910. The molecule has 116 valence electrons. The molecule has 1 N–H and O–H groups in total. The van der Waals surface area contributed by atoms with Crippen molar-refractivity contribution >= 4 is 47.3 Å². The molecule has 0 saturated heterocycles. The molecular formula is C14H17Cl2NO3S. The summed E-state index contributed by atoms with van der Waals surface area (Å²) in [5.74, 6) is 1.21. The predicted octanol–water partition coefficient (Wildman–Crippen LogP) is 3.84. The number of carbonyl (C=O) groups excluding carboxylic acids is 1. The first-order chi connectivity index (χ1) is 10.1. The van der Waals surface area contributed by atoms with Crippen LogP contribution in [0.25, 0.3) is 0 Å². The Morgan fingerprint density at radius 2 is 2.10 bits per heavy atom. The molecule has 21 heavy (non-hydrogen) atoms. The fraction of sp³-hybridized carbons (Fsp3) is 0.429. The summed E-state index contributed by atoms with van der Waals surface area (Å²) in [6, 6.07) is 5.34. The molecule has 0 bridgehead atoms. The largest absolute Gasteiger partial charge is 0.465 e. The molecule has 0 fully saturated rings. The SMILES string of the molecule is O=CCSCCCN(CCc1cccc(Cl)c1Cl)C(=O)O. The summed E-state index contributed by atoms with van der Waals surface area (Å²) >= 11 is 13.5. The molecule has 0 saturated carbocycles. The van der Waals surface area contributed by atoms with E-state index in [1.54, 1.807) is 12.1 Å². The molecule has 0 spiro atoms. The van der Waals surface area contributed by atoms with Crippen LogP contribution < -0.4 is 0 Å². The van der Waals surface area contributed by atoms with E-state index in [9.17, 15) is 14.7 Å². The van der Waals surface area contributed by atoms with Crippen molar-refractivity contribution in [2.45, 2.75) is 12.8 Å². The second-order valence-electron chi connectivity index (χ2n) is 4.33. The number of amides is 1. The van der Waals surface area contributed by atoms with E-state index in [0.29, 0.717) is 41.7 Å². The van der Waals surface area contributed by atoms with E-state index in [-0.39, 0.29) is 0 Å². The number of benzene rings is 1. The Morgan fingerprint density at radius 3 is 2.76 bits per heavy atom. The van der Waals surface area contributed by atoms with Gasteiger partial charge >= 0.3 is 6.09 Å². The van der Waals surface area contributed by atoms with Crippen molar-refractivity contribution in [2.75, 3.05) is 24.6 Å². The monoisotopic (exact) mass is 349 g/mol. The van der Waals surface area contributed by atoms with Crippen LogP contribution in [-0.4, -0.2) is 47.0 Å². The van der Waals surface area contributed by atoms with E-state index < -0.39 is 6.09 Å². The van der Waals surface area contributed by atoms with Crippen molar-refractivity contribution in [3.05, 3.63) is 33.8 Å². The second-order valence-corrected chi connectivity index (χ2v) is 6.26. The van der Waals surface area contributed by atoms with E-state index in [4.69, 9.17) is 23.2 Å². The van der Waals surface area contributed by atoms with Crippen molar-refractivity contribution in [2.24, 2.45) is 0 Å². The maximum absolute atomic E-state index is 11.2. The van der Waals surface area contributed by atoms with Gasteiger partial charge in [-0.1, -0.05) is 35.3 Å². The predicted molar refractivity (Wildman–Crippen MR) is 87.8 cm³/mol. The van der Waals surface area contributed by atoms with E-state index in [0.717, 1.165) is 17.6 Å². The van der Waals surface area contributed by atoms with Gasteiger partial charge in [-0.05, 0) is 30.2 Å². The van der Waals surface area contributed by atoms with Gasteiger partial charge in [0.05, 0.1) is 10.0 Å². The first kappa shape index (κ1) is 18.1. The van der Waals surface area contributed by atoms with Gasteiger partial charge < -0.3 is 14.8 Å². The summed E-state index contributed by atoms with van der Waals surface area (Å²) in [7, 11) is 0. The zero-order valence-electron chi connectivity index (χ0n) is 11.4. The van der Waals surface area contributed by atoms with Crippen LogP contribution in [0.5, 0.6) is 0 Å². The molecule has 1 aromatic rings. The van der Waals surface area contributed by atoms with Gasteiger partial charge in [-0.3, -0.25) is 0 Å². The molecule has 0 radical (unpaired) electrons. The number of carboxylic acid groups (broad SMARTS) is 1. The Morgan fingerprint density at radius 1 is 1.33 bits per heavy atom. The smallest absolute Gasteiger partial charge is 0.407 e. The molecule has 1 aromatic carbocycles. The van der Waals surface area contributed by atoms with Gasteiger partial charge in [-0.25, -0.2) is 4.79 Å². The standard InChI is InChI=1S/C14H17Cl2NO3S/c15-12-4-1-3-11(13(12)16)5-7-17(14(19)20)6-2-9-21-10-8-18/h1,3-4,8H,2,5-7,9-10H2,(H,19,20). The Bertz CT molecular complexity index is 485. The van der Waals surface area contributed by atoms with Crippen molar-refractivity contribution in [3.8, 4) is 0 Å². The van der Waals surface area contributed by atoms with Crippen molar-refractivity contribution in [3.63, 3.8) is 0 Å². The fourth-order valence-corrected chi connectivity index (χ4v) is 2.80. The summed E-state index contributed by atoms with van der Waals surface area (Å²) in [5.41, 5.74) is 0.839. The molecule has 0 atom stereocenters. The summed E-state index contributed by atoms with van der Waals surface area (Å²) in [6.07, 6.45) is 1.13. The molecule has 0 unspecified atom stereocenters. The third-order valence-electron chi connectivity index (χ3n) is 2.86. The van der Waals surface area contributed by atoms with Gasteiger partial charge in [-0.2, -0.15) is 11.8 Å². The Labute approximate surface area is 138 Å². The average molecular weight is 350 g/mol. The number of aldehydes is 1. The van der Waals surface area contributed by atoms with Crippen LogP contribution in [0.4, 0.5) is 4.79 Å². The topological polar surface area (TPSA) is 57.6 Å². The molecular weight excluding hydrogens is 333 g/mol. The molecule has 4 nitrogen and oxygen atoms in total. The van der Waals surface area contributed by atoms with Crippen LogP contribution in [0.2, 0.25) is 10.0 Å². The first-order valence-electron chi connectivity index (χ1n) is 6.48. The average Bonchev–Trinajstić information content (AvgIpc) is 2.45. The van der Waals surface area contributed by atoms with E-state index in [1.165, 1.54) is 16.7 Å². The number of rotatable bonds is 9. The number of carbonyl (C=O) groups is 2. The molecule has 0 aliphatic rings. The third kappa shape index (κ3) is 6.59. The van der Waals surface area contributed by atoms with Crippen LogP contribution >= 0.6 is 35.0 Å². The summed E-state index contributed by atoms with van der Waals surface area (Å²) < 4.78 is 0. The minimum absolute atomic E-state index is 0.369. The van der Waals surface area contributed by atoms with Gasteiger partial charge in [0.15, 0.2) is 0 Å². The summed E-state index contributed by atoms with van der Waals surface area (Å²) in [4.78, 5) is 22.7. The van der Waals surface area contributed by atoms with Crippen LogP contribution in [0.1, 0.15) is 12.0 Å². The maximum Gasteiger partial charge on any atom is 0.407 e. The van der Waals surface area contributed by atoms with Crippen molar-refractivity contribution in [1.29, 1.82) is 0 Å². The van der Waals surface area contributed by atoms with Crippen molar-refractivity contribution in [1.82, 2.24) is 4.90 Å². The number of halogens is 2. The maximum atomic E-state index is 11.2. The molecule has 1 rings (SSSR count). The number of hydrogen-bond donors (Lipinski definition) is 1. The minimum Gasteiger partial charge on any atom is -0.465 e.